The van der Waals surface area contributed by atoms with E-state index in [0.29, 0.717) is 10.9 Å². The van der Waals surface area contributed by atoms with Crippen LogP contribution in [0.3, 0.4) is 0 Å². The number of hydrogen-bond donors (Lipinski definition) is 0. The second-order valence-electron chi connectivity index (χ2n) is 3.84. The molecule has 0 aliphatic heterocycles. The van der Waals surface area contributed by atoms with E-state index < -0.39 is 4.92 Å². The number of rotatable bonds is 3. The molecule has 0 fully saturated rings. The largest absolute Gasteiger partial charge is 0.347 e. The van der Waals surface area contributed by atoms with Crippen LogP contribution in [0.5, 0.6) is 0 Å². The number of benzene rings is 1. The Morgan fingerprint density at radius 2 is 2.18 bits per heavy atom. The molecule has 1 heterocycles. The zero-order chi connectivity index (χ0) is 12.6. The van der Waals surface area contributed by atoms with Gasteiger partial charge in [-0.25, -0.2) is 0 Å². The van der Waals surface area contributed by atoms with Crippen molar-refractivity contribution in [2.24, 2.45) is 0 Å². The van der Waals surface area contributed by atoms with Gasteiger partial charge in [0.15, 0.2) is 5.78 Å². The van der Waals surface area contributed by atoms with Gasteiger partial charge in [-0.05, 0) is 19.9 Å². The molecule has 0 saturated heterocycles. The second-order valence-corrected chi connectivity index (χ2v) is 3.84. The van der Waals surface area contributed by atoms with Crippen LogP contribution in [0.1, 0.15) is 24.2 Å². The zero-order valence-corrected chi connectivity index (χ0v) is 9.64. The van der Waals surface area contributed by atoms with Gasteiger partial charge in [-0.15, -0.1) is 0 Å². The lowest BCUT2D eigenvalue weighted by atomic mass is 10.1. The summed E-state index contributed by atoms with van der Waals surface area (Å²) in [5, 5.41) is 11.4. The van der Waals surface area contributed by atoms with Crippen molar-refractivity contribution in [3.63, 3.8) is 0 Å². The Morgan fingerprint density at radius 3 is 2.71 bits per heavy atom. The standard InChI is InChI=1S/C12H12N2O3/c1-3-13-7-11(8(2)15)10-6-9(14(16)17)4-5-12(10)13/h4-7H,3H2,1-2H3. The number of nitro groups is 1. The van der Waals surface area contributed by atoms with Gasteiger partial charge < -0.3 is 4.57 Å². The molecule has 0 N–H and O–H groups in total. The van der Waals surface area contributed by atoms with Gasteiger partial charge in [-0.1, -0.05) is 0 Å². The van der Waals surface area contributed by atoms with Crippen molar-refractivity contribution in [1.82, 2.24) is 4.57 Å². The van der Waals surface area contributed by atoms with Crippen molar-refractivity contribution >= 4 is 22.4 Å². The molecule has 0 saturated carbocycles. The number of nitro benzene ring substituents is 1. The number of hydrogen-bond acceptors (Lipinski definition) is 3. The minimum Gasteiger partial charge on any atom is -0.347 e. The number of aryl methyl sites for hydroxylation is 1. The van der Waals surface area contributed by atoms with Crippen LogP contribution in [0.25, 0.3) is 10.9 Å². The average molecular weight is 232 g/mol. The van der Waals surface area contributed by atoms with Crippen molar-refractivity contribution in [3.05, 3.63) is 40.1 Å². The lowest BCUT2D eigenvalue weighted by Gasteiger charge is -1.99. The third-order valence-electron chi connectivity index (χ3n) is 2.80. The first-order valence-electron chi connectivity index (χ1n) is 5.32. The Hall–Kier alpha value is -2.17. The number of ketones is 1. The Morgan fingerprint density at radius 1 is 1.47 bits per heavy atom. The fourth-order valence-electron chi connectivity index (χ4n) is 1.94. The second kappa shape index (κ2) is 4.01. The van der Waals surface area contributed by atoms with E-state index >= 15 is 0 Å². The molecule has 0 spiro atoms. The van der Waals surface area contributed by atoms with Crippen molar-refractivity contribution in [1.29, 1.82) is 0 Å². The molecule has 2 aromatic rings. The number of carbonyl (C=O) groups excluding carboxylic acids is 1. The SMILES string of the molecule is CCn1cc(C(C)=O)c2cc([N+](=O)[O-])ccc21. The quantitative estimate of drug-likeness (QED) is 0.464. The molecule has 1 aromatic heterocycles. The highest BCUT2D eigenvalue weighted by atomic mass is 16.6. The first-order valence-corrected chi connectivity index (χ1v) is 5.32. The summed E-state index contributed by atoms with van der Waals surface area (Å²) in [5.74, 6) is -0.0808. The van der Waals surface area contributed by atoms with E-state index in [1.807, 2.05) is 11.5 Å². The summed E-state index contributed by atoms with van der Waals surface area (Å²) < 4.78 is 1.91. The molecule has 88 valence electrons. The van der Waals surface area contributed by atoms with Crippen LogP contribution in [0, 0.1) is 10.1 Å². The predicted molar refractivity (Wildman–Crippen MR) is 64.3 cm³/mol. The first-order chi connectivity index (χ1) is 8.04. The zero-order valence-electron chi connectivity index (χ0n) is 9.64. The Labute approximate surface area is 97.8 Å². The number of Topliss-reactive ketones (excluding diaryl/α,β-unsaturated/α-hetero) is 1. The first kappa shape index (κ1) is 11.3. The fraction of sp³-hybridized carbons (Fsp3) is 0.250. The van der Waals surface area contributed by atoms with Crippen LogP contribution in [0.4, 0.5) is 5.69 Å². The molecular formula is C12H12N2O3. The van der Waals surface area contributed by atoms with E-state index in [1.54, 1.807) is 12.3 Å². The summed E-state index contributed by atoms with van der Waals surface area (Å²) in [7, 11) is 0. The molecule has 0 radical (unpaired) electrons. The molecule has 17 heavy (non-hydrogen) atoms. The fourth-order valence-corrected chi connectivity index (χ4v) is 1.94. The van der Waals surface area contributed by atoms with Crippen molar-refractivity contribution < 1.29 is 9.72 Å². The van der Waals surface area contributed by atoms with Crippen molar-refractivity contribution in [2.45, 2.75) is 20.4 Å². The average Bonchev–Trinajstić information content (AvgIpc) is 2.66. The minimum absolute atomic E-state index is 0.00820. The van der Waals surface area contributed by atoms with E-state index in [1.165, 1.54) is 19.1 Å². The molecule has 0 amide bonds. The molecule has 5 heteroatoms. The van der Waals surface area contributed by atoms with Gasteiger partial charge in [0.2, 0.25) is 0 Å². The lowest BCUT2D eigenvalue weighted by Crippen LogP contribution is -1.91. The van der Waals surface area contributed by atoms with Crippen LogP contribution in [-0.4, -0.2) is 15.3 Å². The molecule has 0 unspecified atom stereocenters. The van der Waals surface area contributed by atoms with Crippen LogP contribution >= 0.6 is 0 Å². The molecule has 0 atom stereocenters. The molecular weight excluding hydrogens is 220 g/mol. The molecule has 0 bridgehead atoms. The number of carbonyl (C=O) groups is 1. The third kappa shape index (κ3) is 1.80. The maximum Gasteiger partial charge on any atom is 0.270 e. The minimum atomic E-state index is -0.452. The number of aromatic nitrogens is 1. The van der Waals surface area contributed by atoms with Crippen LogP contribution in [0.2, 0.25) is 0 Å². The summed E-state index contributed by atoms with van der Waals surface area (Å²) in [6, 6.07) is 4.60. The van der Waals surface area contributed by atoms with Gasteiger partial charge in [0.25, 0.3) is 5.69 Å². The molecule has 1 aromatic carbocycles. The molecule has 2 rings (SSSR count). The summed E-state index contributed by atoms with van der Waals surface area (Å²) in [6.07, 6.45) is 1.75. The van der Waals surface area contributed by atoms with Gasteiger partial charge in [0.05, 0.1) is 4.92 Å². The molecule has 0 aliphatic rings. The summed E-state index contributed by atoms with van der Waals surface area (Å²) >= 11 is 0. The van der Waals surface area contributed by atoms with Crippen molar-refractivity contribution in [2.75, 3.05) is 0 Å². The topological polar surface area (TPSA) is 65.1 Å². The smallest absolute Gasteiger partial charge is 0.270 e. The maximum atomic E-state index is 11.5. The van der Waals surface area contributed by atoms with Gasteiger partial charge in [0, 0.05) is 41.3 Å². The highest BCUT2D eigenvalue weighted by Gasteiger charge is 2.15. The Balaban J connectivity index is 2.78. The van der Waals surface area contributed by atoms with E-state index in [9.17, 15) is 14.9 Å². The van der Waals surface area contributed by atoms with Crippen LogP contribution in [0.15, 0.2) is 24.4 Å². The Bertz CT molecular complexity index is 613. The van der Waals surface area contributed by atoms with E-state index in [4.69, 9.17) is 0 Å². The van der Waals surface area contributed by atoms with Gasteiger partial charge >= 0.3 is 0 Å². The number of non-ortho nitro benzene ring substituents is 1. The van der Waals surface area contributed by atoms with Crippen molar-refractivity contribution in [3.8, 4) is 0 Å². The highest BCUT2D eigenvalue weighted by Crippen LogP contribution is 2.26. The Kier molecular flexibility index (Phi) is 2.67. The summed E-state index contributed by atoms with van der Waals surface area (Å²) in [4.78, 5) is 21.8. The van der Waals surface area contributed by atoms with E-state index in [0.717, 1.165) is 12.1 Å². The van der Waals surface area contributed by atoms with E-state index in [-0.39, 0.29) is 11.5 Å². The predicted octanol–water partition coefficient (Wildman–Crippen LogP) is 2.77. The summed E-state index contributed by atoms with van der Waals surface area (Å²) in [6.45, 7) is 4.15. The van der Waals surface area contributed by atoms with Crippen LogP contribution < -0.4 is 0 Å². The van der Waals surface area contributed by atoms with Crippen LogP contribution in [-0.2, 0) is 6.54 Å². The molecule has 5 nitrogen and oxygen atoms in total. The number of fused-ring (bicyclic) bond motifs is 1. The third-order valence-corrected chi connectivity index (χ3v) is 2.80. The van der Waals surface area contributed by atoms with Gasteiger partial charge in [-0.2, -0.15) is 0 Å². The normalized spacial score (nSPS) is 10.7. The van der Waals surface area contributed by atoms with E-state index in [2.05, 4.69) is 0 Å². The van der Waals surface area contributed by atoms with Gasteiger partial charge in [0.1, 0.15) is 0 Å². The maximum absolute atomic E-state index is 11.5. The van der Waals surface area contributed by atoms with Gasteiger partial charge in [-0.3, -0.25) is 14.9 Å². The molecule has 0 aliphatic carbocycles. The lowest BCUT2D eigenvalue weighted by molar-refractivity contribution is -0.384. The number of nitrogens with zero attached hydrogens (tertiary/aromatic N) is 2. The highest BCUT2D eigenvalue weighted by molar-refractivity contribution is 6.07. The summed E-state index contributed by atoms with van der Waals surface area (Å²) in [5.41, 5.74) is 1.39. The monoisotopic (exact) mass is 232 g/mol.